The first-order valence-electron chi connectivity index (χ1n) is 19.8. The smallest absolute Gasteiger partial charge is 0.408 e. The number of fused-ring (bicyclic) bond motifs is 2. The van der Waals surface area contributed by atoms with Gasteiger partial charge in [0.2, 0.25) is 0 Å². The number of carbonyl (C=O) groups excluding carboxylic acids is 2. The Morgan fingerprint density at radius 3 is 1.59 bits per heavy atom. The third kappa shape index (κ3) is 11.8. The van der Waals surface area contributed by atoms with Gasteiger partial charge in [-0.15, -0.1) is 0 Å². The summed E-state index contributed by atoms with van der Waals surface area (Å²) in [5.74, 6) is 1.71. The number of ether oxygens (including phenoxy) is 4. The zero-order chi connectivity index (χ0) is 42.4. The number of hydrogen-bond acceptors (Lipinski definition) is 10. The van der Waals surface area contributed by atoms with Crippen LogP contribution in [-0.2, 0) is 9.47 Å². The van der Waals surface area contributed by atoms with Gasteiger partial charge in [0.05, 0.1) is 11.9 Å². The third-order valence-corrected chi connectivity index (χ3v) is 11.9. The van der Waals surface area contributed by atoms with Crippen molar-refractivity contribution in [3.8, 4) is 11.5 Å². The zero-order valence-electron chi connectivity index (χ0n) is 34.3. The van der Waals surface area contributed by atoms with Gasteiger partial charge in [-0.2, -0.15) is 0 Å². The number of nitrogens with zero attached hydrogens (tertiary/aromatic N) is 3. The van der Waals surface area contributed by atoms with Crippen LogP contribution in [0.3, 0.4) is 0 Å². The van der Waals surface area contributed by atoms with Crippen molar-refractivity contribution in [2.45, 2.75) is 102 Å². The van der Waals surface area contributed by atoms with E-state index in [0.717, 1.165) is 93.0 Å². The predicted molar refractivity (Wildman–Crippen MR) is 244 cm³/mol. The topological polar surface area (TPSA) is 136 Å². The molecule has 0 bridgehead atoms. The Balaban J connectivity index is 0.000000171. The Morgan fingerprint density at radius 1 is 0.712 bits per heavy atom. The van der Waals surface area contributed by atoms with Gasteiger partial charge in [-0.1, -0.05) is 36.4 Å². The fourth-order valence-corrected chi connectivity index (χ4v) is 8.49. The number of halogens is 3. The van der Waals surface area contributed by atoms with E-state index in [2.05, 4.69) is 91.3 Å². The molecule has 0 aliphatic carbocycles. The first kappa shape index (κ1) is 44.9. The first-order valence-corrected chi connectivity index (χ1v) is 22.5. The monoisotopic (exact) mass is 1050 g/mol. The number of carbonyl (C=O) groups is 2. The van der Waals surface area contributed by atoms with E-state index in [-0.39, 0.29) is 17.7 Å². The predicted octanol–water partition coefficient (Wildman–Crippen LogP) is 10.1. The summed E-state index contributed by atoms with van der Waals surface area (Å²) in [6.07, 6.45) is 6.19. The van der Waals surface area contributed by atoms with Gasteiger partial charge in [-0.05, 0) is 145 Å². The second kappa shape index (κ2) is 18.9. The lowest BCUT2D eigenvalue weighted by Gasteiger charge is -2.43. The number of alkyl carbamates (subject to hydrolysis) is 2. The fraction of sp³-hybridized carbons (Fsp3) is 0.455. The number of rotatable bonds is 3. The molecule has 2 atom stereocenters. The number of aromatic nitrogens is 2. The van der Waals surface area contributed by atoms with Gasteiger partial charge in [0.15, 0.2) is 0 Å². The van der Waals surface area contributed by atoms with Crippen LogP contribution in [0.15, 0.2) is 94.4 Å². The Morgan fingerprint density at radius 2 is 1.17 bits per heavy atom. The van der Waals surface area contributed by atoms with E-state index in [1.807, 2.05) is 121 Å². The molecule has 6 heterocycles. The van der Waals surface area contributed by atoms with E-state index in [4.69, 9.17) is 18.9 Å². The maximum absolute atomic E-state index is 12.6. The lowest BCUT2D eigenvalue weighted by molar-refractivity contribution is 0.0113. The molecule has 2 fully saturated rings. The molecule has 0 unspecified atom stereocenters. The average molecular weight is 1050 g/mol. The lowest BCUT2D eigenvalue weighted by atomic mass is 9.82. The molecule has 2 saturated heterocycles. The summed E-state index contributed by atoms with van der Waals surface area (Å²) >= 11 is 8.83. The molecule has 2 amide bonds. The van der Waals surface area contributed by atoms with Crippen LogP contribution in [0.1, 0.15) is 90.4 Å². The van der Waals surface area contributed by atoms with E-state index in [1.165, 1.54) is 0 Å². The summed E-state index contributed by atoms with van der Waals surface area (Å²) in [6, 6.07) is 23.4. The Bertz CT molecular complexity index is 2030. The second-order valence-corrected chi connectivity index (χ2v) is 19.8. The highest BCUT2D eigenvalue weighted by molar-refractivity contribution is 14.1. The van der Waals surface area contributed by atoms with Crippen molar-refractivity contribution in [1.82, 2.24) is 25.9 Å². The van der Waals surface area contributed by atoms with Crippen LogP contribution >= 0.6 is 54.5 Å². The van der Waals surface area contributed by atoms with E-state index < -0.39 is 29.0 Å². The largest absolute Gasteiger partial charge is 0.484 e. The van der Waals surface area contributed by atoms with Crippen molar-refractivity contribution in [2.24, 2.45) is 0 Å². The molecule has 3 N–H and O–H groups in total. The number of benzene rings is 2. The van der Waals surface area contributed by atoms with Crippen molar-refractivity contribution < 1.29 is 28.5 Å². The number of hydrogen-bond donors (Lipinski definition) is 3. The van der Waals surface area contributed by atoms with Gasteiger partial charge in [-0.3, -0.25) is 0 Å². The van der Waals surface area contributed by atoms with Crippen LogP contribution in [0.4, 0.5) is 15.3 Å². The van der Waals surface area contributed by atoms with Crippen molar-refractivity contribution in [3.63, 3.8) is 0 Å². The Hall–Kier alpha value is -3.67. The molecule has 316 valence electrons. The van der Waals surface area contributed by atoms with Gasteiger partial charge in [0.25, 0.3) is 0 Å². The minimum absolute atomic E-state index is 0.166. The van der Waals surface area contributed by atoms with E-state index >= 15 is 0 Å². The number of amides is 2. The number of pyridine rings is 2. The molecule has 4 aromatic rings. The summed E-state index contributed by atoms with van der Waals surface area (Å²) in [7, 11) is 0. The molecule has 8 rings (SSSR count). The lowest BCUT2D eigenvalue weighted by Crippen LogP contribution is -2.54. The van der Waals surface area contributed by atoms with E-state index in [0.29, 0.717) is 0 Å². The third-order valence-electron chi connectivity index (χ3n) is 10.3. The van der Waals surface area contributed by atoms with Crippen molar-refractivity contribution in [3.05, 3.63) is 109 Å². The standard InChI is InChI=1S/C22H26BrN3O3.C17H24N2O3.C5H3BrIN/c1-21(2,3)29-20(27)25-19-16-6-4-5-7-17(16)28-22(19)10-12-26(13-11-22)15-8-9-18(23)24-14-15;1-16(2,3)22-15(20)19-14-12-6-4-5-7-13(12)21-17(14)8-10-18-11-9-17;6-5-2-1-4(7)3-8-5/h4-9,14,19H,10-13H2,1-3H3,(H,25,27);4-7,14,18H,8-11H2,1-3H3,(H,19,20);1-3H/t19-;14-;/m11./s1. The van der Waals surface area contributed by atoms with Crippen LogP contribution in [0.2, 0.25) is 0 Å². The van der Waals surface area contributed by atoms with Gasteiger partial charge in [-0.25, -0.2) is 19.6 Å². The molecule has 15 heteroatoms. The minimum Gasteiger partial charge on any atom is -0.484 e. The fourth-order valence-electron chi connectivity index (χ4n) is 7.70. The van der Waals surface area contributed by atoms with Gasteiger partial charge >= 0.3 is 12.2 Å². The quantitative estimate of drug-likeness (QED) is 0.134. The maximum atomic E-state index is 12.6. The maximum Gasteiger partial charge on any atom is 0.408 e. The van der Waals surface area contributed by atoms with Gasteiger partial charge in [0, 0.05) is 59.7 Å². The van der Waals surface area contributed by atoms with Gasteiger partial charge in [0.1, 0.15) is 55.2 Å². The Labute approximate surface area is 377 Å². The molecule has 59 heavy (non-hydrogen) atoms. The summed E-state index contributed by atoms with van der Waals surface area (Å²) in [6.45, 7) is 14.6. The van der Waals surface area contributed by atoms with Crippen LogP contribution in [0.25, 0.3) is 0 Å². The summed E-state index contributed by atoms with van der Waals surface area (Å²) in [5, 5.41) is 9.48. The minimum atomic E-state index is -0.547. The highest BCUT2D eigenvalue weighted by atomic mass is 127. The highest BCUT2D eigenvalue weighted by Crippen LogP contribution is 2.49. The normalized spacial score (nSPS) is 19.6. The van der Waals surface area contributed by atoms with Crippen molar-refractivity contribution in [1.29, 1.82) is 0 Å². The number of anilines is 1. The van der Waals surface area contributed by atoms with E-state index in [9.17, 15) is 9.59 Å². The molecule has 2 spiro atoms. The van der Waals surface area contributed by atoms with Crippen LogP contribution < -0.4 is 30.3 Å². The Kier molecular flexibility index (Phi) is 14.4. The van der Waals surface area contributed by atoms with Crippen LogP contribution in [0.5, 0.6) is 11.5 Å². The van der Waals surface area contributed by atoms with Crippen molar-refractivity contribution >= 4 is 72.3 Å². The molecular weight excluding hydrogens is 995 g/mol. The summed E-state index contributed by atoms with van der Waals surface area (Å²) in [4.78, 5) is 35.4. The highest BCUT2D eigenvalue weighted by Gasteiger charge is 2.52. The zero-order valence-corrected chi connectivity index (χ0v) is 39.6. The van der Waals surface area contributed by atoms with Crippen LogP contribution in [-0.4, -0.2) is 70.7 Å². The summed E-state index contributed by atoms with van der Waals surface area (Å²) in [5.41, 5.74) is 1.24. The molecule has 0 saturated carbocycles. The SMILES string of the molecule is Brc1ccc(I)cn1.CC(C)(C)OC(=O)N[C@@H]1c2ccccc2OC12CCN(c1ccc(Br)nc1)CC2.CC(C)(C)OC(=O)N[C@@H]1c2ccccc2OC12CCNCC2. The second-order valence-electron chi connectivity index (χ2n) is 16.9. The number of nitrogens with one attached hydrogen (secondary N) is 3. The molecule has 0 radical (unpaired) electrons. The molecule has 2 aromatic carbocycles. The molecule has 2 aromatic heterocycles. The molecule has 4 aliphatic heterocycles. The molecular formula is C44H53Br2IN6O6. The number of piperidine rings is 2. The number of para-hydroxylation sites is 2. The van der Waals surface area contributed by atoms with Crippen LogP contribution in [0, 0.1) is 3.57 Å². The molecule has 12 nitrogen and oxygen atoms in total. The van der Waals surface area contributed by atoms with E-state index in [1.54, 1.807) is 0 Å². The average Bonchev–Trinajstić information content (AvgIpc) is 3.63. The first-order chi connectivity index (χ1) is 27.9. The van der Waals surface area contributed by atoms with Crippen molar-refractivity contribution in [2.75, 3.05) is 31.1 Å². The van der Waals surface area contributed by atoms with Gasteiger partial charge < -0.3 is 39.8 Å². The molecule has 4 aliphatic rings. The summed E-state index contributed by atoms with van der Waals surface area (Å²) < 4.78 is 26.6.